The van der Waals surface area contributed by atoms with Crippen LogP contribution in [0, 0.1) is 0 Å². The van der Waals surface area contributed by atoms with Gasteiger partial charge in [0.05, 0.1) is 0 Å². The van der Waals surface area contributed by atoms with E-state index in [0.29, 0.717) is 11.8 Å². The summed E-state index contributed by atoms with van der Waals surface area (Å²) >= 11 is 0. The molecule has 0 aromatic heterocycles. The van der Waals surface area contributed by atoms with Crippen LogP contribution in [-0.2, 0) is 4.79 Å². The van der Waals surface area contributed by atoms with Gasteiger partial charge in [0, 0.05) is 24.8 Å². The van der Waals surface area contributed by atoms with E-state index >= 15 is 0 Å². The third kappa shape index (κ3) is 4.21. The Labute approximate surface area is 96.0 Å². The van der Waals surface area contributed by atoms with Gasteiger partial charge in [0.15, 0.2) is 6.61 Å². The molecule has 1 rings (SSSR count). The molecule has 0 aliphatic rings. The van der Waals surface area contributed by atoms with E-state index in [9.17, 15) is 4.79 Å². The van der Waals surface area contributed by atoms with Crippen LogP contribution in [0.1, 0.15) is 13.8 Å². The molecule has 2 N–H and O–H groups in total. The minimum Gasteiger partial charge on any atom is -0.484 e. The lowest BCUT2D eigenvalue weighted by molar-refractivity contribution is -0.122. The van der Waals surface area contributed by atoms with Crippen LogP contribution in [0.5, 0.6) is 5.75 Å². The van der Waals surface area contributed by atoms with Crippen LogP contribution in [0.25, 0.3) is 0 Å². The fourth-order valence-electron chi connectivity index (χ4n) is 1.23. The molecule has 4 heteroatoms. The van der Waals surface area contributed by atoms with Crippen molar-refractivity contribution >= 4 is 11.6 Å². The normalized spacial score (nSPS) is 10.0. The second-order valence-corrected chi connectivity index (χ2v) is 3.79. The van der Waals surface area contributed by atoms with Gasteiger partial charge in [-0.3, -0.25) is 4.79 Å². The number of anilines is 1. The largest absolute Gasteiger partial charge is 0.484 e. The van der Waals surface area contributed by atoms with Gasteiger partial charge in [-0.1, -0.05) is 6.07 Å². The third-order valence-electron chi connectivity index (χ3n) is 1.94. The lowest BCUT2D eigenvalue weighted by Gasteiger charge is -2.11. The maximum Gasteiger partial charge on any atom is 0.257 e. The van der Waals surface area contributed by atoms with Crippen molar-refractivity contribution in [2.45, 2.75) is 19.9 Å². The van der Waals surface area contributed by atoms with E-state index < -0.39 is 0 Å². The van der Waals surface area contributed by atoms with Gasteiger partial charge in [-0.25, -0.2) is 0 Å². The zero-order valence-electron chi connectivity index (χ0n) is 9.91. The Morgan fingerprint density at radius 1 is 1.44 bits per heavy atom. The van der Waals surface area contributed by atoms with E-state index in [-0.39, 0.29) is 12.5 Å². The number of carbonyl (C=O) groups is 1. The van der Waals surface area contributed by atoms with Gasteiger partial charge in [-0.15, -0.1) is 0 Å². The predicted octanol–water partition coefficient (Wildman–Crippen LogP) is 1.63. The van der Waals surface area contributed by atoms with Crippen LogP contribution in [0.15, 0.2) is 24.3 Å². The first-order chi connectivity index (χ1) is 7.61. The fourth-order valence-corrected chi connectivity index (χ4v) is 1.23. The van der Waals surface area contributed by atoms with Gasteiger partial charge in [0.25, 0.3) is 5.91 Å². The maximum atomic E-state index is 11.0. The Morgan fingerprint density at radius 2 is 2.19 bits per heavy atom. The Morgan fingerprint density at radius 3 is 2.81 bits per heavy atom. The number of rotatable bonds is 5. The van der Waals surface area contributed by atoms with E-state index in [1.165, 1.54) is 0 Å². The number of hydrogen-bond acceptors (Lipinski definition) is 3. The van der Waals surface area contributed by atoms with Gasteiger partial charge in [-0.2, -0.15) is 0 Å². The van der Waals surface area contributed by atoms with Crippen molar-refractivity contribution in [2.24, 2.45) is 0 Å². The SMILES string of the molecule is CNC(=O)COc1cccc(NC(C)C)c1. The van der Waals surface area contributed by atoms with Crippen LogP contribution < -0.4 is 15.4 Å². The molecule has 0 radical (unpaired) electrons. The zero-order chi connectivity index (χ0) is 12.0. The van der Waals surface area contributed by atoms with Crippen molar-refractivity contribution in [3.8, 4) is 5.75 Å². The smallest absolute Gasteiger partial charge is 0.257 e. The summed E-state index contributed by atoms with van der Waals surface area (Å²) in [5.41, 5.74) is 0.990. The number of ether oxygens (including phenoxy) is 1. The maximum absolute atomic E-state index is 11.0. The number of likely N-dealkylation sites (N-methyl/N-ethyl adjacent to an activating group) is 1. The summed E-state index contributed by atoms with van der Waals surface area (Å²) in [6.07, 6.45) is 0. The van der Waals surface area contributed by atoms with Gasteiger partial charge < -0.3 is 15.4 Å². The van der Waals surface area contributed by atoms with Crippen molar-refractivity contribution in [1.82, 2.24) is 5.32 Å². The summed E-state index contributed by atoms with van der Waals surface area (Å²) in [6, 6.07) is 7.93. The summed E-state index contributed by atoms with van der Waals surface area (Å²) in [7, 11) is 1.59. The first-order valence-electron chi connectivity index (χ1n) is 5.32. The highest BCUT2D eigenvalue weighted by Crippen LogP contribution is 2.17. The van der Waals surface area contributed by atoms with Gasteiger partial charge in [0.2, 0.25) is 0 Å². The predicted molar refractivity (Wildman–Crippen MR) is 64.8 cm³/mol. The molecule has 1 amide bonds. The van der Waals surface area contributed by atoms with E-state index in [0.717, 1.165) is 5.69 Å². The number of benzene rings is 1. The van der Waals surface area contributed by atoms with E-state index in [1.54, 1.807) is 7.05 Å². The Balaban J connectivity index is 2.56. The molecule has 0 aliphatic heterocycles. The topological polar surface area (TPSA) is 50.4 Å². The molecule has 4 nitrogen and oxygen atoms in total. The van der Waals surface area contributed by atoms with Crippen molar-refractivity contribution in [3.05, 3.63) is 24.3 Å². The van der Waals surface area contributed by atoms with Crippen LogP contribution in [0.2, 0.25) is 0 Å². The summed E-state index contributed by atoms with van der Waals surface area (Å²) < 4.78 is 5.33. The van der Waals surface area contributed by atoms with Crippen molar-refractivity contribution < 1.29 is 9.53 Å². The Kier molecular flexibility index (Phi) is 4.64. The van der Waals surface area contributed by atoms with Crippen LogP contribution >= 0.6 is 0 Å². The molecule has 88 valence electrons. The number of hydrogen-bond donors (Lipinski definition) is 2. The number of carbonyl (C=O) groups excluding carboxylic acids is 1. The average Bonchev–Trinajstić information content (AvgIpc) is 2.25. The second-order valence-electron chi connectivity index (χ2n) is 3.79. The number of nitrogens with one attached hydrogen (secondary N) is 2. The van der Waals surface area contributed by atoms with Gasteiger partial charge in [0.1, 0.15) is 5.75 Å². The molecule has 0 fully saturated rings. The van der Waals surface area contributed by atoms with E-state index in [1.807, 2.05) is 24.3 Å². The number of amides is 1. The molecule has 0 atom stereocenters. The molecule has 0 spiro atoms. The highest BCUT2D eigenvalue weighted by molar-refractivity contribution is 5.77. The first-order valence-corrected chi connectivity index (χ1v) is 5.32. The molecule has 0 aliphatic carbocycles. The van der Waals surface area contributed by atoms with Crippen molar-refractivity contribution in [1.29, 1.82) is 0 Å². The first kappa shape index (κ1) is 12.4. The average molecular weight is 222 g/mol. The van der Waals surface area contributed by atoms with Crippen LogP contribution in [-0.4, -0.2) is 25.6 Å². The summed E-state index contributed by atoms with van der Waals surface area (Å²) in [5, 5.41) is 5.77. The molecule has 0 bridgehead atoms. The zero-order valence-corrected chi connectivity index (χ0v) is 9.91. The molecule has 0 unspecified atom stereocenters. The molecule has 1 aromatic carbocycles. The Bertz CT molecular complexity index is 351. The van der Waals surface area contributed by atoms with Gasteiger partial charge in [-0.05, 0) is 26.0 Å². The second kappa shape index (κ2) is 6.00. The van der Waals surface area contributed by atoms with Crippen molar-refractivity contribution in [3.63, 3.8) is 0 Å². The monoisotopic (exact) mass is 222 g/mol. The molecular weight excluding hydrogens is 204 g/mol. The minimum absolute atomic E-state index is 0.0433. The highest BCUT2D eigenvalue weighted by atomic mass is 16.5. The summed E-state index contributed by atoms with van der Waals surface area (Å²) in [5.74, 6) is 0.552. The highest BCUT2D eigenvalue weighted by Gasteiger charge is 2.01. The van der Waals surface area contributed by atoms with E-state index in [2.05, 4.69) is 24.5 Å². The molecular formula is C12H18N2O2. The van der Waals surface area contributed by atoms with E-state index in [4.69, 9.17) is 4.74 Å². The lowest BCUT2D eigenvalue weighted by atomic mass is 10.2. The summed E-state index contributed by atoms with van der Waals surface area (Å²) in [4.78, 5) is 11.0. The Hall–Kier alpha value is -1.71. The summed E-state index contributed by atoms with van der Waals surface area (Å²) in [6.45, 7) is 4.18. The van der Waals surface area contributed by atoms with Crippen LogP contribution in [0.4, 0.5) is 5.69 Å². The molecule has 0 saturated carbocycles. The minimum atomic E-state index is -0.137. The quantitative estimate of drug-likeness (QED) is 0.796. The van der Waals surface area contributed by atoms with Crippen LogP contribution in [0.3, 0.4) is 0 Å². The molecule has 0 heterocycles. The van der Waals surface area contributed by atoms with Crippen molar-refractivity contribution in [2.75, 3.05) is 19.0 Å². The lowest BCUT2D eigenvalue weighted by Crippen LogP contribution is -2.24. The van der Waals surface area contributed by atoms with Gasteiger partial charge >= 0.3 is 0 Å². The standard InChI is InChI=1S/C12H18N2O2/c1-9(2)14-10-5-4-6-11(7-10)16-8-12(15)13-3/h4-7,9,14H,8H2,1-3H3,(H,13,15). The third-order valence-corrected chi connectivity index (χ3v) is 1.94. The molecule has 1 aromatic rings. The fraction of sp³-hybridized carbons (Fsp3) is 0.417. The molecule has 16 heavy (non-hydrogen) atoms. The molecule has 0 saturated heterocycles.